The van der Waals surface area contributed by atoms with Crippen molar-refractivity contribution in [3.63, 3.8) is 0 Å². The van der Waals surface area contributed by atoms with E-state index in [9.17, 15) is 0 Å². The lowest BCUT2D eigenvalue weighted by Crippen LogP contribution is -2.04. The molecular weight excluding hydrogens is 134 g/mol. The van der Waals surface area contributed by atoms with Crippen LogP contribution in [0.15, 0.2) is 0 Å². The van der Waals surface area contributed by atoms with E-state index in [1.54, 1.807) is 0 Å². The molecule has 1 nitrogen and oxygen atoms in total. The molecule has 2 N–H and O–H groups in total. The number of rotatable bonds is 2. The summed E-state index contributed by atoms with van der Waals surface area (Å²) in [5.74, 6) is 2.00. The molecule has 1 fully saturated rings. The summed E-state index contributed by atoms with van der Waals surface area (Å²) >= 11 is 5.93. The molecule has 0 amide bonds. The van der Waals surface area contributed by atoms with Crippen LogP contribution in [0.5, 0.6) is 0 Å². The first kappa shape index (κ1) is 7.36. The van der Waals surface area contributed by atoms with E-state index in [1.807, 2.05) is 0 Å². The lowest BCUT2D eigenvalue weighted by molar-refractivity contribution is 0.521. The molecule has 1 aliphatic rings. The molecule has 0 aromatic carbocycles. The highest BCUT2D eigenvalue weighted by Crippen LogP contribution is 2.47. The molecule has 0 radical (unpaired) electrons. The maximum Gasteiger partial charge on any atom is 0.0413 e. The summed E-state index contributed by atoms with van der Waals surface area (Å²) in [7, 11) is 0. The molecule has 0 spiro atoms. The minimum absolute atomic E-state index is 0.370. The summed E-state index contributed by atoms with van der Waals surface area (Å²) in [6.45, 7) is 5.17. The third-order valence-corrected chi connectivity index (χ3v) is 2.79. The van der Waals surface area contributed by atoms with Crippen molar-refractivity contribution >= 4 is 11.6 Å². The first-order chi connectivity index (χ1) is 4.18. The molecule has 3 atom stereocenters. The van der Waals surface area contributed by atoms with Crippen LogP contribution in [-0.2, 0) is 0 Å². The quantitative estimate of drug-likeness (QED) is 0.588. The van der Waals surface area contributed by atoms with Gasteiger partial charge in [-0.25, -0.2) is 0 Å². The fourth-order valence-electron chi connectivity index (χ4n) is 1.51. The second-order valence-corrected chi connectivity index (χ2v) is 3.67. The molecule has 0 aromatic rings. The standard InChI is InChI=1S/C7H14ClN/c1-4(2)6-5(3-9)7(6)8/h4-7H,3,9H2,1-2H3/t5-,6-,7-/m0/s1. The van der Waals surface area contributed by atoms with E-state index in [0.29, 0.717) is 23.1 Å². The van der Waals surface area contributed by atoms with Crippen LogP contribution in [0.3, 0.4) is 0 Å². The molecule has 9 heavy (non-hydrogen) atoms. The van der Waals surface area contributed by atoms with Gasteiger partial charge in [-0.15, -0.1) is 11.6 Å². The highest BCUT2D eigenvalue weighted by molar-refractivity contribution is 6.23. The smallest absolute Gasteiger partial charge is 0.0413 e. The third-order valence-electron chi connectivity index (χ3n) is 2.17. The largest absolute Gasteiger partial charge is 0.330 e. The van der Waals surface area contributed by atoms with E-state index >= 15 is 0 Å². The summed E-state index contributed by atoms with van der Waals surface area (Å²) < 4.78 is 0. The van der Waals surface area contributed by atoms with E-state index in [-0.39, 0.29) is 0 Å². The van der Waals surface area contributed by atoms with Gasteiger partial charge in [0.1, 0.15) is 0 Å². The zero-order valence-electron chi connectivity index (χ0n) is 5.97. The van der Waals surface area contributed by atoms with Gasteiger partial charge in [-0.05, 0) is 24.3 Å². The maximum atomic E-state index is 5.93. The van der Waals surface area contributed by atoms with Gasteiger partial charge >= 0.3 is 0 Å². The molecule has 0 aromatic heterocycles. The average molecular weight is 148 g/mol. The van der Waals surface area contributed by atoms with E-state index in [2.05, 4.69) is 13.8 Å². The predicted octanol–water partition coefficient (Wildman–Crippen LogP) is 1.45. The van der Waals surface area contributed by atoms with Crippen molar-refractivity contribution < 1.29 is 0 Å². The SMILES string of the molecule is CC(C)[C@@H]1[C@@H](Cl)[C@H]1CN. The number of hydrogen-bond donors (Lipinski definition) is 1. The lowest BCUT2D eigenvalue weighted by Gasteiger charge is -1.98. The molecule has 0 saturated heterocycles. The van der Waals surface area contributed by atoms with Crippen molar-refractivity contribution in [3.8, 4) is 0 Å². The second kappa shape index (κ2) is 2.47. The van der Waals surface area contributed by atoms with Crippen LogP contribution in [0.1, 0.15) is 13.8 Å². The van der Waals surface area contributed by atoms with Gasteiger partial charge in [0.25, 0.3) is 0 Å². The molecule has 1 aliphatic carbocycles. The van der Waals surface area contributed by atoms with Crippen molar-refractivity contribution in [2.75, 3.05) is 6.54 Å². The van der Waals surface area contributed by atoms with Gasteiger partial charge < -0.3 is 5.73 Å². The van der Waals surface area contributed by atoms with Crippen LogP contribution in [0, 0.1) is 17.8 Å². The van der Waals surface area contributed by atoms with E-state index in [4.69, 9.17) is 17.3 Å². The number of nitrogens with two attached hydrogens (primary N) is 1. The Balaban J connectivity index is 2.33. The predicted molar refractivity (Wildman–Crippen MR) is 40.5 cm³/mol. The Morgan fingerprint density at radius 2 is 2.11 bits per heavy atom. The molecule has 1 saturated carbocycles. The number of hydrogen-bond acceptors (Lipinski definition) is 1. The average Bonchev–Trinajstić information content (AvgIpc) is 2.40. The lowest BCUT2D eigenvalue weighted by atomic mass is 10.1. The Bertz CT molecular complexity index is 103. The Kier molecular flexibility index (Phi) is 2.02. The zero-order chi connectivity index (χ0) is 7.02. The van der Waals surface area contributed by atoms with E-state index in [0.717, 1.165) is 6.54 Å². The number of alkyl halides is 1. The van der Waals surface area contributed by atoms with E-state index in [1.165, 1.54) is 0 Å². The summed E-state index contributed by atoms with van der Waals surface area (Å²) in [6.07, 6.45) is 0. The van der Waals surface area contributed by atoms with Crippen molar-refractivity contribution in [2.24, 2.45) is 23.5 Å². The molecule has 0 heterocycles. The molecule has 0 unspecified atom stereocenters. The Labute approximate surface area is 61.6 Å². The van der Waals surface area contributed by atoms with Crippen LogP contribution in [0.4, 0.5) is 0 Å². The van der Waals surface area contributed by atoms with Crippen molar-refractivity contribution in [2.45, 2.75) is 19.2 Å². The van der Waals surface area contributed by atoms with Crippen LogP contribution in [0.2, 0.25) is 0 Å². The zero-order valence-corrected chi connectivity index (χ0v) is 6.73. The molecule has 0 bridgehead atoms. The third kappa shape index (κ3) is 1.22. The molecule has 54 valence electrons. The van der Waals surface area contributed by atoms with Gasteiger partial charge in [-0.1, -0.05) is 13.8 Å². The molecule has 0 aliphatic heterocycles. The highest BCUT2D eigenvalue weighted by atomic mass is 35.5. The first-order valence-electron chi connectivity index (χ1n) is 3.52. The minimum Gasteiger partial charge on any atom is -0.330 e. The summed E-state index contributed by atoms with van der Waals surface area (Å²) in [5.41, 5.74) is 5.47. The first-order valence-corrected chi connectivity index (χ1v) is 3.96. The Hall–Kier alpha value is 0.250. The Morgan fingerprint density at radius 3 is 2.22 bits per heavy atom. The highest BCUT2D eigenvalue weighted by Gasteiger charge is 2.49. The van der Waals surface area contributed by atoms with Crippen molar-refractivity contribution in [1.82, 2.24) is 0 Å². The summed E-state index contributed by atoms with van der Waals surface area (Å²) in [5, 5.41) is 0.370. The fraction of sp³-hybridized carbons (Fsp3) is 1.00. The van der Waals surface area contributed by atoms with Crippen LogP contribution >= 0.6 is 11.6 Å². The van der Waals surface area contributed by atoms with Gasteiger partial charge in [-0.3, -0.25) is 0 Å². The summed E-state index contributed by atoms with van der Waals surface area (Å²) in [4.78, 5) is 0. The fourth-order valence-corrected chi connectivity index (χ4v) is 2.17. The number of halogens is 1. The van der Waals surface area contributed by atoms with Crippen LogP contribution < -0.4 is 5.73 Å². The summed E-state index contributed by atoms with van der Waals surface area (Å²) in [6, 6.07) is 0. The Morgan fingerprint density at radius 1 is 1.56 bits per heavy atom. The second-order valence-electron chi connectivity index (χ2n) is 3.17. The van der Waals surface area contributed by atoms with Gasteiger partial charge in [0.15, 0.2) is 0 Å². The van der Waals surface area contributed by atoms with E-state index < -0.39 is 0 Å². The van der Waals surface area contributed by atoms with Gasteiger partial charge in [-0.2, -0.15) is 0 Å². The monoisotopic (exact) mass is 147 g/mol. The van der Waals surface area contributed by atoms with Gasteiger partial charge in [0.2, 0.25) is 0 Å². The normalized spacial score (nSPS) is 41.7. The topological polar surface area (TPSA) is 26.0 Å². The van der Waals surface area contributed by atoms with Crippen LogP contribution in [0.25, 0.3) is 0 Å². The van der Waals surface area contributed by atoms with Crippen molar-refractivity contribution in [3.05, 3.63) is 0 Å². The van der Waals surface area contributed by atoms with Crippen molar-refractivity contribution in [1.29, 1.82) is 0 Å². The maximum absolute atomic E-state index is 5.93. The van der Waals surface area contributed by atoms with Crippen LogP contribution in [-0.4, -0.2) is 11.9 Å². The van der Waals surface area contributed by atoms with Gasteiger partial charge in [0, 0.05) is 5.38 Å². The van der Waals surface area contributed by atoms with Gasteiger partial charge in [0.05, 0.1) is 0 Å². The molecule has 2 heteroatoms. The minimum atomic E-state index is 0.370. The molecule has 1 rings (SSSR count). The molecular formula is C7H14ClN.